The Morgan fingerprint density at radius 3 is 2.65 bits per heavy atom. The molecule has 10 nitrogen and oxygen atoms in total. The topological polar surface area (TPSA) is 166 Å². The standard InChI is InChI=1S/C26H41N5O5S/c1-4-36-25(33)20-14-16(2)10-11-19(20)24(32)21(8-6-12-29-26(27)28)31-37(34,35)22-9-5-7-18-13-17(3)15-30-23(18)22/h5,7,9,16-17,19-21,30-31H,4,6,8,10-15H2,1-3H3,(H4,27,28,29)/t16-,17?,19?,20+,21+/m1/s1. The summed E-state index contributed by atoms with van der Waals surface area (Å²) in [4.78, 5) is 30.7. The van der Waals surface area contributed by atoms with Gasteiger partial charge in [-0.15, -0.1) is 0 Å². The number of para-hydroxylation sites is 1. The number of Topliss-reactive ketones (excluding diaryl/α,β-unsaturated/α-hetero) is 1. The molecule has 37 heavy (non-hydrogen) atoms. The lowest BCUT2D eigenvalue weighted by molar-refractivity contribution is -0.155. The number of sulfonamides is 1. The number of guanidine groups is 1. The van der Waals surface area contributed by atoms with Crippen LogP contribution in [0, 0.1) is 23.7 Å². The molecule has 5 atom stereocenters. The minimum absolute atomic E-state index is 0.0664. The summed E-state index contributed by atoms with van der Waals surface area (Å²) in [6, 6.07) is 4.17. The number of hydrogen-bond donors (Lipinski definition) is 4. The number of esters is 1. The Kier molecular flexibility index (Phi) is 9.94. The second-order valence-corrected chi connectivity index (χ2v) is 12.1. The predicted octanol–water partition coefficient (Wildman–Crippen LogP) is 2.18. The predicted molar refractivity (Wildman–Crippen MR) is 143 cm³/mol. The molecule has 11 heteroatoms. The number of rotatable bonds is 11. The SMILES string of the molecule is CCOC(=O)[C@H]1C[C@H](C)CCC1C(=O)[C@H](CCCN=C(N)N)NS(=O)(=O)c1cccc2c1NCC(C)C2. The quantitative estimate of drug-likeness (QED) is 0.145. The van der Waals surface area contributed by atoms with Crippen molar-refractivity contribution in [1.29, 1.82) is 0 Å². The molecule has 1 fully saturated rings. The van der Waals surface area contributed by atoms with Crippen molar-refractivity contribution >= 4 is 33.4 Å². The molecule has 0 amide bonds. The average molecular weight is 536 g/mol. The van der Waals surface area contributed by atoms with E-state index in [1.165, 1.54) is 0 Å². The molecule has 3 rings (SSSR count). The summed E-state index contributed by atoms with van der Waals surface area (Å²) in [6.45, 7) is 7.04. The van der Waals surface area contributed by atoms with Crippen molar-refractivity contribution in [2.45, 2.75) is 70.2 Å². The van der Waals surface area contributed by atoms with Crippen molar-refractivity contribution < 1.29 is 22.7 Å². The van der Waals surface area contributed by atoms with E-state index in [-0.39, 0.29) is 42.1 Å². The van der Waals surface area contributed by atoms with Crippen LogP contribution in [-0.2, 0) is 30.8 Å². The fourth-order valence-corrected chi connectivity index (χ4v) is 6.86. The van der Waals surface area contributed by atoms with Crippen LogP contribution >= 0.6 is 0 Å². The van der Waals surface area contributed by atoms with E-state index in [1.54, 1.807) is 19.1 Å². The summed E-state index contributed by atoms with van der Waals surface area (Å²) >= 11 is 0. The van der Waals surface area contributed by atoms with Crippen LogP contribution in [0.1, 0.15) is 58.4 Å². The van der Waals surface area contributed by atoms with Gasteiger partial charge in [0.05, 0.1) is 24.3 Å². The molecule has 206 valence electrons. The lowest BCUT2D eigenvalue weighted by atomic mass is 9.71. The van der Waals surface area contributed by atoms with E-state index in [0.29, 0.717) is 37.4 Å². The van der Waals surface area contributed by atoms with Gasteiger partial charge in [0.1, 0.15) is 4.90 Å². The number of fused-ring (bicyclic) bond motifs is 1. The third-order valence-corrected chi connectivity index (χ3v) is 8.77. The van der Waals surface area contributed by atoms with Gasteiger partial charge >= 0.3 is 5.97 Å². The van der Waals surface area contributed by atoms with Gasteiger partial charge in [0.15, 0.2) is 11.7 Å². The number of carbonyl (C=O) groups excluding carboxylic acids is 2. The van der Waals surface area contributed by atoms with E-state index in [1.807, 2.05) is 6.07 Å². The van der Waals surface area contributed by atoms with Gasteiger partial charge < -0.3 is 21.5 Å². The zero-order valence-electron chi connectivity index (χ0n) is 22.0. The molecule has 1 aromatic rings. The molecule has 1 heterocycles. The van der Waals surface area contributed by atoms with Gasteiger partial charge in [-0.2, -0.15) is 0 Å². The van der Waals surface area contributed by atoms with Gasteiger partial charge in [-0.3, -0.25) is 14.6 Å². The maximum Gasteiger partial charge on any atom is 0.309 e. The normalized spacial score (nSPS) is 24.3. The van der Waals surface area contributed by atoms with E-state index < -0.39 is 33.9 Å². The summed E-state index contributed by atoms with van der Waals surface area (Å²) in [7, 11) is -4.05. The monoisotopic (exact) mass is 535 g/mol. The highest BCUT2D eigenvalue weighted by Gasteiger charge is 2.42. The number of nitrogens with zero attached hydrogens (tertiary/aromatic N) is 1. The first-order valence-electron chi connectivity index (χ1n) is 13.2. The Bertz CT molecular complexity index is 1100. The van der Waals surface area contributed by atoms with Crippen molar-refractivity contribution in [2.24, 2.45) is 40.1 Å². The minimum Gasteiger partial charge on any atom is -0.466 e. The van der Waals surface area contributed by atoms with Crippen LogP contribution in [-0.4, -0.2) is 51.9 Å². The van der Waals surface area contributed by atoms with Crippen LogP contribution in [0.15, 0.2) is 28.1 Å². The van der Waals surface area contributed by atoms with Gasteiger partial charge in [-0.1, -0.05) is 26.0 Å². The summed E-state index contributed by atoms with van der Waals surface area (Å²) in [5, 5.41) is 3.25. The lowest BCUT2D eigenvalue weighted by Crippen LogP contribution is -2.48. The number of ether oxygens (including phenoxy) is 1. The highest BCUT2D eigenvalue weighted by molar-refractivity contribution is 7.89. The van der Waals surface area contributed by atoms with Crippen molar-refractivity contribution in [2.75, 3.05) is 25.0 Å². The number of benzene rings is 1. The Hall–Kier alpha value is -2.66. The number of nitrogens with one attached hydrogen (secondary N) is 2. The van der Waals surface area contributed by atoms with E-state index in [4.69, 9.17) is 16.2 Å². The fraction of sp³-hybridized carbons (Fsp3) is 0.654. The van der Waals surface area contributed by atoms with Crippen LogP contribution in [0.25, 0.3) is 0 Å². The zero-order chi connectivity index (χ0) is 27.2. The maximum atomic E-state index is 13.9. The minimum atomic E-state index is -4.05. The first kappa shape index (κ1) is 28.9. The summed E-state index contributed by atoms with van der Waals surface area (Å²) in [5.74, 6) is -1.29. The van der Waals surface area contributed by atoms with Gasteiger partial charge in [-0.25, -0.2) is 13.1 Å². The molecule has 0 aromatic heterocycles. The second-order valence-electron chi connectivity index (χ2n) is 10.4. The number of hydrogen-bond acceptors (Lipinski definition) is 7. The van der Waals surface area contributed by atoms with Crippen LogP contribution in [0.2, 0.25) is 0 Å². The first-order valence-corrected chi connectivity index (χ1v) is 14.7. The van der Waals surface area contributed by atoms with Gasteiger partial charge in [-0.05, 0) is 68.9 Å². The summed E-state index contributed by atoms with van der Waals surface area (Å²) in [6.07, 6.45) is 3.21. The molecular weight excluding hydrogens is 494 g/mol. The molecule has 6 N–H and O–H groups in total. The van der Waals surface area contributed by atoms with Crippen LogP contribution < -0.4 is 21.5 Å². The van der Waals surface area contributed by atoms with Crippen molar-refractivity contribution in [1.82, 2.24) is 4.72 Å². The van der Waals surface area contributed by atoms with Gasteiger partial charge in [0.2, 0.25) is 10.0 Å². The maximum absolute atomic E-state index is 13.9. The van der Waals surface area contributed by atoms with E-state index in [9.17, 15) is 18.0 Å². The third kappa shape index (κ3) is 7.44. The molecule has 2 unspecified atom stereocenters. The number of carbonyl (C=O) groups is 2. The molecule has 0 bridgehead atoms. The molecule has 1 saturated carbocycles. The molecule has 0 spiro atoms. The third-order valence-electron chi connectivity index (χ3n) is 7.25. The van der Waals surface area contributed by atoms with E-state index in [0.717, 1.165) is 18.4 Å². The van der Waals surface area contributed by atoms with Gasteiger partial charge in [0.25, 0.3) is 0 Å². The number of nitrogens with two attached hydrogens (primary N) is 2. The first-order chi connectivity index (χ1) is 17.5. The zero-order valence-corrected chi connectivity index (χ0v) is 22.9. The summed E-state index contributed by atoms with van der Waals surface area (Å²) < 4.78 is 35.2. The van der Waals surface area contributed by atoms with Gasteiger partial charge in [0, 0.05) is 19.0 Å². The molecular formula is C26H41N5O5S. The Morgan fingerprint density at radius 1 is 1.19 bits per heavy atom. The highest BCUT2D eigenvalue weighted by Crippen LogP contribution is 2.37. The van der Waals surface area contributed by atoms with E-state index >= 15 is 0 Å². The van der Waals surface area contributed by atoms with Crippen LogP contribution in [0.4, 0.5) is 5.69 Å². The molecule has 1 aliphatic heterocycles. The summed E-state index contributed by atoms with van der Waals surface area (Å²) in [5.41, 5.74) is 12.4. The van der Waals surface area contributed by atoms with E-state index in [2.05, 4.69) is 28.9 Å². The smallest absolute Gasteiger partial charge is 0.309 e. The second kappa shape index (κ2) is 12.7. The highest BCUT2D eigenvalue weighted by atomic mass is 32.2. The lowest BCUT2D eigenvalue weighted by Gasteiger charge is -2.34. The Morgan fingerprint density at radius 2 is 1.95 bits per heavy atom. The molecule has 2 aliphatic rings. The number of anilines is 1. The van der Waals surface area contributed by atoms with Crippen molar-refractivity contribution in [3.05, 3.63) is 23.8 Å². The van der Waals surface area contributed by atoms with Crippen molar-refractivity contribution in [3.8, 4) is 0 Å². The molecule has 0 saturated heterocycles. The molecule has 1 aliphatic carbocycles. The number of aliphatic imine (C=N–C) groups is 1. The Balaban J connectivity index is 1.89. The largest absolute Gasteiger partial charge is 0.466 e. The Labute approximate surface area is 220 Å². The van der Waals surface area contributed by atoms with Crippen LogP contribution in [0.3, 0.4) is 0 Å². The number of ketones is 1. The molecule has 1 aromatic carbocycles. The van der Waals surface area contributed by atoms with Crippen LogP contribution in [0.5, 0.6) is 0 Å². The van der Waals surface area contributed by atoms with Crippen molar-refractivity contribution in [3.63, 3.8) is 0 Å². The fourth-order valence-electron chi connectivity index (χ4n) is 5.40. The average Bonchev–Trinajstić information content (AvgIpc) is 2.84. The molecule has 0 radical (unpaired) electrons.